The molecule has 0 aliphatic carbocycles. The number of anilines is 1. The number of carbonyl (C=O) groups excluding carboxylic acids is 1. The highest BCUT2D eigenvalue weighted by atomic mass is 16.1. The van der Waals surface area contributed by atoms with E-state index in [1.54, 1.807) is 53.2 Å². The Bertz CT molecular complexity index is 829. The Kier molecular flexibility index (Phi) is 2.90. The lowest BCUT2D eigenvalue weighted by molar-refractivity contribution is 0.102. The number of benzene rings is 1. The molecule has 2 heterocycles. The van der Waals surface area contributed by atoms with E-state index in [2.05, 4.69) is 10.3 Å². The van der Waals surface area contributed by atoms with Gasteiger partial charge in [0.25, 0.3) is 5.91 Å². The van der Waals surface area contributed by atoms with E-state index in [0.717, 1.165) is 0 Å². The number of nitriles is 1. The number of hydrogen-bond acceptors (Lipinski definition) is 3. The normalized spacial score (nSPS) is 10.2. The number of nitrogens with one attached hydrogen (secondary N) is 1. The van der Waals surface area contributed by atoms with Crippen LogP contribution < -0.4 is 5.32 Å². The van der Waals surface area contributed by atoms with E-state index in [9.17, 15) is 4.79 Å². The summed E-state index contributed by atoms with van der Waals surface area (Å²) in [6.07, 6.45) is 5.23. The number of nitrogens with zero attached hydrogens (tertiary/aromatic N) is 3. The van der Waals surface area contributed by atoms with Crippen molar-refractivity contribution in [1.82, 2.24) is 9.38 Å². The fourth-order valence-electron chi connectivity index (χ4n) is 2.00. The molecule has 2 aromatic heterocycles. The van der Waals surface area contributed by atoms with Crippen LogP contribution in [0.5, 0.6) is 0 Å². The summed E-state index contributed by atoms with van der Waals surface area (Å²) in [5, 5.41) is 11.8. The minimum atomic E-state index is -0.287. The van der Waals surface area contributed by atoms with Crippen molar-refractivity contribution in [3.63, 3.8) is 0 Å². The molecule has 1 N–H and O–H groups in total. The first-order valence-electron chi connectivity index (χ1n) is 6.02. The first kappa shape index (κ1) is 11.9. The summed E-state index contributed by atoms with van der Waals surface area (Å²) >= 11 is 0. The van der Waals surface area contributed by atoms with Crippen LogP contribution in [-0.2, 0) is 0 Å². The molecule has 1 amide bonds. The van der Waals surface area contributed by atoms with Crippen LogP contribution in [0.15, 0.2) is 55.0 Å². The third-order valence-electron chi connectivity index (χ3n) is 2.96. The summed E-state index contributed by atoms with van der Waals surface area (Å²) in [7, 11) is 0. The molecule has 5 nitrogen and oxygen atoms in total. The predicted octanol–water partition coefficient (Wildman–Crippen LogP) is 2.46. The van der Waals surface area contributed by atoms with Gasteiger partial charge in [0.2, 0.25) is 0 Å². The first-order chi connectivity index (χ1) is 9.79. The lowest BCUT2D eigenvalue weighted by Gasteiger charge is -2.07. The highest BCUT2D eigenvalue weighted by Crippen LogP contribution is 2.16. The Morgan fingerprint density at radius 3 is 2.90 bits per heavy atom. The zero-order chi connectivity index (χ0) is 13.9. The van der Waals surface area contributed by atoms with Crippen molar-refractivity contribution >= 4 is 17.2 Å². The van der Waals surface area contributed by atoms with Crippen LogP contribution in [0.1, 0.15) is 15.9 Å². The second-order valence-corrected chi connectivity index (χ2v) is 4.19. The van der Waals surface area contributed by atoms with Gasteiger partial charge in [-0.15, -0.1) is 0 Å². The molecular formula is C15H10N4O. The molecular weight excluding hydrogens is 252 g/mol. The Balaban J connectivity index is 1.98. The van der Waals surface area contributed by atoms with E-state index in [0.29, 0.717) is 22.5 Å². The van der Waals surface area contributed by atoms with Crippen LogP contribution in [0, 0.1) is 11.3 Å². The van der Waals surface area contributed by atoms with Gasteiger partial charge in [-0.2, -0.15) is 5.26 Å². The molecule has 0 aliphatic heterocycles. The van der Waals surface area contributed by atoms with Crippen LogP contribution in [-0.4, -0.2) is 15.3 Å². The number of amides is 1. The van der Waals surface area contributed by atoms with E-state index in [1.807, 2.05) is 12.3 Å². The maximum Gasteiger partial charge on any atom is 0.259 e. The largest absolute Gasteiger partial charge is 0.321 e. The van der Waals surface area contributed by atoms with Gasteiger partial charge in [0.1, 0.15) is 11.7 Å². The summed E-state index contributed by atoms with van der Waals surface area (Å²) in [6.45, 7) is 0. The molecule has 0 spiro atoms. The summed E-state index contributed by atoms with van der Waals surface area (Å²) in [6, 6.07) is 12.4. The lowest BCUT2D eigenvalue weighted by Crippen LogP contribution is -2.14. The Morgan fingerprint density at radius 1 is 1.20 bits per heavy atom. The van der Waals surface area contributed by atoms with Gasteiger partial charge in [-0.1, -0.05) is 12.1 Å². The van der Waals surface area contributed by atoms with Crippen molar-refractivity contribution in [1.29, 1.82) is 5.26 Å². The molecule has 1 aromatic carbocycles. The molecule has 5 heteroatoms. The smallest absolute Gasteiger partial charge is 0.259 e. The lowest BCUT2D eigenvalue weighted by atomic mass is 10.2. The van der Waals surface area contributed by atoms with Gasteiger partial charge in [0.15, 0.2) is 0 Å². The number of fused-ring (bicyclic) bond motifs is 1. The quantitative estimate of drug-likeness (QED) is 0.771. The molecule has 3 aromatic rings. The van der Waals surface area contributed by atoms with Crippen LogP contribution >= 0.6 is 0 Å². The first-order valence-corrected chi connectivity index (χ1v) is 6.02. The van der Waals surface area contributed by atoms with Gasteiger partial charge in [0, 0.05) is 18.6 Å². The number of hydrogen-bond donors (Lipinski definition) is 1. The van der Waals surface area contributed by atoms with Gasteiger partial charge >= 0.3 is 0 Å². The standard InChI is InChI=1S/C15H10N4O/c16-10-11-4-1-2-6-13(11)18-15(20)12-5-3-8-19-9-7-17-14(12)19/h1-9H,(H,18,20). The van der Waals surface area contributed by atoms with Gasteiger partial charge < -0.3 is 9.72 Å². The van der Waals surface area contributed by atoms with Gasteiger partial charge in [0.05, 0.1) is 16.8 Å². The maximum atomic E-state index is 12.3. The molecule has 0 bridgehead atoms. The number of imidazole rings is 1. The van der Waals surface area contributed by atoms with Crippen LogP contribution in [0.2, 0.25) is 0 Å². The van der Waals surface area contributed by atoms with Gasteiger partial charge in [-0.05, 0) is 24.3 Å². The fourth-order valence-corrected chi connectivity index (χ4v) is 2.00. The van der Waals surface area contributed by atoms with E-state index in [1.165, 1.54) is 0 Å². The summed E-state index contributed by atoms with van der Waals surface area (Å²) < 4.78 is 1.77. The number of aromatic nitrogens is 2. The third-order valence-corrected chi connectivity index (χ3v) is 2.96. The molecule has 20 heavy (non-hydrogen) atoms. The molecule has 0 atom stereocenters. The molecule has 0 aliphatic rings. The van der Waals surface area contributed by atoms with Crippen LogP contribution in [0.4, 0.5) is 5.69 Å². The third kappa shape index (κ3) is 1.99. The minimum Gasteiger partial charge on any atom is -0.321 e. The molecule has 0 saturated carbocycles. The number of para-hydroxylation sites is 1. The Morgan fingerprint density at radius 2 is 2.05 bits per heavy atom. The van der Waals surface area contributed by atoms with E-state index in [4.69, 9.17) is 5.26 Å². The van der Waals surface area contributed by atoms with Crippen LogP contribution in [0.25, 0.3) is 5.65 Å². The Hall–Kier alpha value is -3.13. The van der Waals surface area contributed by atoms with Crippen molar-refractivity contribution in [2.45, 2.75) is 0 Å². The fraction of sp³-hybridized carbons (Fsp3) is 0. The van der Waals surface area contributed by atoms with Crippen molar-refractivity contribution in [2.24, 2.45) is 0 Å². The van der Waals surface area contributed by atoms with Crippen molar-refractivity contribution in [3.8, 4) is 6.07 Å². The summed E-state index contributed by atoms with van der Waals surface area (Å²) in [5.41, 5.74) is 1.97. The van der Waals surface area contributed by atoms with E-state index < -0.39 is 0 Å². The number of carbonyl (C=O) groups is 1. The molecule has 0 fully saturated rings. The summed E-state index contributed by atoms with van der Waals surface area (Å²) in [4.78, 5) is 16.5. The summed E-state index contributed by atoms with van der Waals surface area (Å²) in [5.74, 6) is -0.287. The SMILES string of the molecule is N#Cc1ccccc1NC(=O)c1cccn2ccnc12. The predicted molar refractivity (Wildman–Crippen MR) is 74.3 cm³/mol. The van der Waals surface area contributed by atoms with Crippen molar-refractivity contribution < 1.29 is 4.79 Å². The molecule has 0 radical (unpaired) electrons. The van der Waals surface area contributed by atoms with Crippen molar-refractivity contribution in [2.75, 3.05) is 5.32 Å². The molecule has 3 rings (SSSR count). The second-order valence-electron chi connectivity index (χ2n) is 4.19. The van der Waals surface area contributed by atoms with Crippen LogP contribution in [0.3, 0.4) is 0 Å². The number of rotatable bonds is 2. The average Bonchev–Trinajstić information content (AvgIpc) is 2.96. The minimum absolute atomic E-state index is 0.287. The zero-order valence-electron chi connectivity index (χ0n) is 10.4. The molecule has 0 unspecified atom stereocenters. The molecule has 96 valence electrons. The Labute approximate surface area is 115 Å². The monoisotopic (exact) mass is 262 g/mol. The highest BCUT2D eigenvalue weighted by Gasteiger charge is 2.12. The molecule has 0 saturated heterocycles. The highest BCUT2D eigenvalue weighted by molar-refractivity contribution is 6.08. The van der Waals surface area contributed by atoms with Gasteiger partial charge in [-0.25, -0.2) is 4.98 Å². The van der Waals surface area contributed by atoms with Crippen molar-refractivity contribution in [3.05, 3.63) is 66.1 Å². The average molecular weight is 262 g/mol. The topological polar surface area (TPSA) is 70.2 Å². The van der Waals surface area contributed by atoms with E-state index >= 15 is 0 Å². The maximum absolute atomic E-state index is 12.3. The number of pyridine rings is 1. The second kappa shape index (κ2) is 4.86. The zero-order valence-corrected chi connectivity index (χ0v) is 10.4. The van der Waals surface area contributed by atoms with Gasteiger partial charge in [-0.3, -0.25) is 4.79 Å². The van der Waals surface area contributed by atoms with E-state index in [-0.39, 0.29) is 5.91 Å².